The number of hydrogen-bond acceptors (Lipinski definition) is 4. The summed E-state index contributed by atoms with van der Waals surface area (Å²) in [7, 11) is -3.72. The Morgan fingerprint density at radius 2 is 1.84 bits per heavy atom. The molecule has 166 valence electrons. The van der Waals surface area contributed by atoms with Gasteiger partial charge in [0.25, 0.3) is 0 Å². The summed E-state index contributed by atoms with van der Waals surface area (Å²) in [5.74, 6) is -1.91. The molecule has 2 aromatic heterocycles. The van der Waals surface area contributed by atoms with Crippen LogP contribution in [0.1, 0.15) is 24.6 Å². The van der Waals surface area contributed by atoms with Gasteiger partial charge in [0, 0.05) is 39.8 Å². The maximum Gasteiger partial charge on any atom is 0.232 e. The molecule has 0 saturated heterocycles. The lowest BCUT2D eigenvalue weighted by atomic mass is 10.0. The van der Waals surface area contributed by atoms with Gasteiger partial charge in [-0.2, -0.15) is 5.10 Å². The third kappa shape index (κ3) is 4.58. The summed E-state index contributed by atoms with van der Waals surface area (Å²) in [6.45, 7) is 1.70. The number of nitrogens with zero attached hydrogens (tertiary/aromatic N) is 2. The highest BCUT2D eigenvalue weighted by molar-refractivity contribution is 7.92. The third-order valence-corrected chi connectivity index (χ3v) is 6.67. The zero-order valence-corrected chi connectivity index (χ0v) is 18.6. The van der Waals surface area contributed by atoms with Gasteiger partial charge < -0.3 is 0 Å². The Morgan fingerprint density at radius 3 is 2.56 bits per heavy atom. The van der Waals surface area contributed by atoms with E-state index in [1.165, 1.54) is 0 Å². The van der Waals surface area contributed by atoms with Crippen molar-refractivity contribution in [2.75, 3.05) is 10.5 Å². The molecule has 0 spiro atoms. The number of pyridine rings is 1. The Morgan fingerprint density at radius 1 is 1.09 bits per heavy atom. The molecule has 0 radical (unpaired) electrons. The topological polar surface area (TPSA) is 87.7 Å². The van der Waals surface area contributed by atoms with Gasteiger partial charge in [0.2, 0.25) is 10.0 Å². The first-order valence-electron chi connectivity index (χ1n) is 9.83. The van der Waals surface area contributed by atoms with Gasteiger partial charge in [-0.05, 0) is 42.3 Å². The van der Waals surface area contributed by atoms with Crippen molar-refractivity contribution in [3.63, 3.8) is 0 Å². The Kier molecular flexibility index (Phi) is 6.12. The average Bonchev–Trinajstić information content (AvgIpc) is 3.15. The van der Waals surface area contributed by atoms with Crippen molar-refractivity contribution in [2.24, 2.45) is 0 Å². The van der Waals surface area contributed by atoms with E-state index in [0.29, 0.717) is 28.2 Å². The van der Waals surface area contributed by atoms with E-state index in [1.807, 2.05) is 18.2 Å². The van der Waals surface area contributed by atoms with E-state index < -0.39 is 21.7 Å². The number of rotatable bonds is 7. The van der Waals surface area contributed by atoms with Crippen LogP contribution in [0.4, 0.5) is 14.5 Å². The van der Waals surface area contributed by atoms with Gasteiger partial charge in [0.15, 0.2) is 11.5 Å². The smallest absolute Gasteiger partial charge is 0.232 e. The maximum absolute atomic E-state index is 15.0. The van der Waals surface area contributed by atoms with E-state index in [2.05, 4.69) is 19.9 Å². The molecule has 4 aromatic rings. The molecule has 2 aromatic carbocycles. The number of anilines is 1. The molecule has 0 fully saturated rings. The van der Waals surface area contributed by atoms with Crippen LogP contribution >= 0.6 is 11.6 Å². The van der Waals surface area contributed by atoms with E-state index >= 15 is 4.39 Å². The molecule has 0 amide bonds. The highest BCUT2D eigenvalue weighted by atomic mass is 35.5. The third-order valence-electron chi connectivity index (χ3n) is 4.94. The molecule has 0 aliphatic rings. The van der Waals surface area contributed by atoms with E-state index in [1.54, 1.807) is 25.3 Å². The van der Waals surface area contributed by atoms with Crippen LogP contribution in [-0.4, -0.2) is 29.4 Å². The van der Waals surface area contributed by atoms with Crippen molar-refractivity contribution in [2.45, 2.75) is 19.8 Å². The molecular weight excluding hydrogens is 458 g/mol. The second-order valence-corrected chi connectivity index (χ2v) is 9.57. The van der Waals surface area contributed by atoms with Gasteiger partial charge in [0.1, 0.15) is 5.82 Å². The van der Waals surface area contributed by atoms with E-state index in [-0.39, 0.29) is 23.4 Å². The Hall–Kier alpha value is -3.04. The lowest BCUT2D eigenvalue weighted by Crippen LogP contribution is -2.17. The van der Waals surface area contributed by atoms with Crippen LogP contribution in [-0.2, 0) is 16.4 Å². The first-order chi connectivity index (χ1) is 15.3. The fraction of sp³-hybridized carbons (Fsp3) is 0.182. The maximum atomic E-state index is 15.0. The molecule has 6 nitrogen and oxygen atoms in total. The van der Waals surface area contributed by atoms with Gasteiger partial charge in [0.05, 0.1) is 11.4 Å². The summed E-state index contributed by atoms with van der Waals surface area (Å²) in [5, 5.41) is 8.11. The predicted molar refractivity (Wildman–Crippen MR) is 121 cm³/mol. The van der Waals surface area contributed by atoms with Crippen molar-refractivity contribution < 1.29 is 17.2 Å². The van der Waals surface area contributed by atoms with Gasteiger partial charge in [-0.15, -0.1) is 0 Å². The fourth-order valence-electron chi connectivity index (χ4n) is 3.39. The minimum atomic E-state index is -3.72. The number of halogens is 3. The number of H-pyrrole nitrogens is 1. The zero-order valence-electron chi connectivity index (χ0n) is 17.0. The molecule has 0 aliphatic heterocycles. The molecule has 0 saturated carbocycles. The van der Waals surface area contributed by atoms with Gasteiger partial charge in [-0.1, -0.05) is 30.7 Å². The molecule has 0 atom stereocenters. The predicted octanol–water partition coefficient (Wildman–Crippen LogP) is 5.30. The van der Waals surface area contributed by atoms with Crippen molar-refractivity contribution in [3.8, 4) is 11.1 Å². The number of nitrogens with one attached hydrogen (secondary N) is 2. The van der Waals surface area contributed by atoms with Crippen LogP contribution < -0.4 is 4.72 Å². The largest absolute Gasteiger partial charge is 0.281 e. The van der Waals surface area contributed by atoms with Crippen molar-refractivity contribution in [1.82, 2.24) is 15.2 Å². The lowest BCUT2D eigenvalue weighted by Gasteiger charge is -2.12. The number of fused-ring (bicyclic) bond motifs is 1. The van der Waals surface area contributed by atoms with E-state index in [4.69, 9.17) is 11.6 Å². The number of benzene rings is 2. The molecule has 4 rings (SSSR count). The second kappa shape index (κ2) is 8.84. The number of aromatic nitrogens is 3. The molecule has 0 bridgehead atoms. The van der Waals surface area contributed by atoms with Crippen LogP contribution in [0.25, 0.3) is 22.2 Å². The fourth-order valence-corrected chi connectivity index (χ4v) is 4.65. The van der Waals surface area contributed by atoms with E-state index in [0.717, 1.165) is 23.3 Å². The summed E-state index contributed by atoms with van der Waals surface area (Å²) in [6, 6.07) is 11.1. The quantitative estimate of drug-likeness (QED) is 0.379. The first-order valence-corrected chi connectivity index (χ1v) is 11.9. The molecule has 10 heteroatoms. The summed E-state index contributed by atoms with van der Waals surface area (Å²) in [6.07, 6.45) is 1.86. The molecule has 0 unspecified atom stereocenters. The SMILES string of the molecule is CCCS(=O)(=O)Nc1ccc(F)c(Cc2[nH]nc3ncc(-c4ccc(Cl)cc4)cc23)c1F. The molecule has 0 aliphatic carbocycles. The highest BCUT2D eigenvalue weighted by Crippen LogP contribution is 2.29. The second-order valence-electron chi connectivity index (χ2n) is 7.29. The molecule has 2 heterocycles. The molecule has 2 N–H and O–H groups in total. The minimum Gasteiger partial charge on any atom is -0.281 e. The monoisotopic (exact) mass is 476 g/mol. The summed E-state index contributed by atoms with van der Waals surface area (Å²) >= 11 is 5.95. The summed E-state index contributed by atoms with van der Waals surface area (Å²) < 4.78 is 55.8. The zero-order chi connectivity index (χ0) is 22.9. The standard InChI is InChI=1S/C22H19ClF2N4O2S/c1-2-9-32(30,31)29-19-8-7-18(24)16(21(19)25)11-20-17-10-14(12-26-22(17)28-27-20)13-3-5-15(23)6-4-13/h3-8,10,12,29H,2,9,11H2,1H3,(H,26,27,28). The van der Waals surface area contributed by atoms with Crippen LogP contribution in [0.3, 0.4) is 0 Å². The number of hydrogen-bond donors (Lipinski definition) is 2. The van der Waals surface area contributed by atoms with Crippen LogP contribution in [0.2, 0.25) is 5.02 Å². The molecular formula is C22H19ClF2N4O2S. The van der Waals surface area contributed by atoms with Crippen LogP contribution in [0.5, 0.6) is 0 Å². The number of sulfonamides is 1. The summed E-state index contributed by atoms with van der Waals surface area (Å²) in [4.78, 5) is 4.32. The number of aromatic amines is 1. The highest BCUT2D eigenvalue weighted by Gasteiger charge is 2.20. The Balaban J connectivity index is 1.71. The van der Waals surface area contributed by atoms with Crippen LogP contribution in [0.15, 0.2) is 48.7 Å². The Labute approximate surface area is 188 Å². The van der Waals surface area contributed by atoms with Crippen molar-refractivity contribution >= 4 is 38.3 Å². The average molecular weight is 477 g/mol. The van der Waals surface area contributed by atoms with Gasteiger partial charge >= 0.3 is 0 Å². The minimum absolute atomic E-state index is 0.163. The lowest BCUT2D eigenvalue weighted by molar-refractivity contribution is 0.562. The summed E-state index contributed by atoms with van der Waals surface area (Å²) in [5.41, 5.74) is 1.95. The van der Waals surface area contributed by atoms with Crippen molar-refractivity contribution in [3.05, 3.63) is 76.6 Å². The Bertz CT molecular complexity index is 1390. The van der Waals surface area contributed by atoms with Crippen LogP contribution in [0, 0.1) is 11.6 Å². The molecule has 32 heavy (non-hydrogen) atoms. The first kappa shape index (κ1) is 22.2. The van der Waals surface area contributed by atoms with Gasteiger partial charge in [-0.25, -0.2) is 22.2 Å². The van der Waals surface area contributed by atoms with E-state index in [9.17, 15) is 12.8 Å². The van der Waals surface area contributed by atoms with Crippen molar-refractivity contribution in [1.29, 1.82) is 0 Å². The van der Waals surface area contributed by atoms with Gasteiger partial charge in [-0.3, -0.25) is 9.82 Å². The normalized spacial score (nSPS) is 11.8.